The summed E-state index contributed by atoms with van der Waals surface area (Å²) in [6, 6.07) is 3.27. The van der Waals surface area contributed by atoms with E-state index in [1.165, 1.54) is 4.90 Å². The molecule has 1 unspecified atom stereocenters. The van der Waals surface area contributed by atoms with E-state index in [9.17, 15) is 14.4 Å². The molecule has 23 heavy (non-hydrogen) atoms. The van der Waals surface area contributed by atoms with Crippen LogP contribution in [-0.2, 0) is 19.8 Å². The second-order valence-electron chi connectivity index (χ2n) is 5.03. The Bertz CT molecular complexity index is 751. The van der Waals surface area contributed by atoms with Gasteiger partial charge in [0.25, 0.3) is 0 Å². The van der Waals surface area contributed by atoms with Crippen LogP contribution in [0.4, 0.5) is 5.69 Å². The van der Waals surface area contributed by atoms with Crippen molar-refractivity contribution in [3.63, 3.8) is 0 Å². The number of hydrogen-bond acceptors (Lipinski definition) is 5. The molecule has 3 aliphatic heterocycles. The van der Waals surface area contributed by atoms with E-state index in [2.05, 4.69) is 5.32 Å². The molecule has 7 nitrogen and oxygen atoms in total. The number of fused-ring (bicyclic) bond motifs is 1. The minimum atomic E-state index is -1.52. The summed E-state index contributed by atoms with van der Waals surface area (Å²) in [5.41, 5.74) is -0.601. The standard InChI is InChI=1S/C13H9ClN2O4.CN.K/c14-6-1-2-7-10-9(6)13(5-8(17)15-11(13)18)12(19)16(10)3-4-20-7;1-2;/h1-2H,3-5H2,(H,15,17,18);;/q;-1;+1. The van der Waals surface area contributed by atoms with Crippen molar-refractivity contribution < 1.29 is 70.5 Å². The van der Waals surface area contributed by atoms with Gasteiger partial charge in [-0.3, -0.25) is 19.7 Å². The van der Waals surface area contributed by atoms with E-state index in [1.54, 1.807) is 12.1 Å². The first kappa shape index (κ1) is 18.4. The van der Waals surface area contributed by atoms with Crippen LogP contribution in [0.3, 0.4) is 0 Å². The summed E-state index contributed by atoms with van der Waals surface area (Å²) in [6.45, 7) is 5.45. The average Bonchev–Trinajstić information content (AvgIpc) is 2.95. The molecule has 0 bridgehead atoms. The number of halogens is 1. The van der Waals surface area contributed by atoms with Crippen LogP contribution >= 0.6 is 11.6 Å². The predicted molar refractivity (Wildman–Crippen MR) is 73.7 cm³/mol. The van der Waals surface area contributed by atoms with Crippen molar-refractivity contribution in [3.8, 4) is 5.75 Å². The van der Waals surface area contributed by atoms with Crippen LogP contribution in [0.15, 0.2) is 12.1 Å². The summed E-state index contributed by atoms with van der Waals surface area (Å²) in [6.07, 6.45) is -0.197. The molecule has 0 aliphatic carbocycles. The van der Waals surface area contributed by atoms with Crippen LogP contribution in [0, 0.1) is 11.8 Å². The van der Waals surface area contributed by atoms with Crippen molar-refractivity contribution in [2.45, 2.75) is 11.8 Å². The van der Waals surface area contributed by atoms with E-state index >= 15 is 0 Å². The Balaban J connectivity index is 0.000000617. The molecule has 1 N–H and O–H groups in total. The molecule has 1 aromatic carbocycles. The number of imide groups is 1. The van der Waals surface area contributed by atoms with Crippen molar-refractivity contribution >= 4 is 35.0 Å². The number of carbonyl (C=O) groups excluding carboxylic acids is 3. The van der Waals surface area contributed by atoms with Crippen molar-refractivity contribution in [1.82, 2.24) is 5.32 Å². The number of benzene rings is 1. The van der Waals surface area contributed by atoms with Gasteiger partial charge >= 0.3 is 51.4 Å². The number of hydrogen-bond donors (Lipinski definition) is 1. The number of carbonyl (C=O) groups is 3. The SMILES string of the molecule is O=C1CC2(C(=O)N1)C(=O)N1CCOc3ccc(Cl)c2c31.[C-]#N.[K+]. The normalized spacial score (nSPS) is 23.4. The molecule has 4 rings (SSSR count). The van der Waals surface area contributed by atoms with E-state index in [1.807, 2.05) is 0 Å². The van der Waals surface area contributed by atoms with Crippen LogP contribution in [-0.4, -0.2) is 30.9 Å². The maximum Gasteiger partial charge on any atom is 1.00 e. The van der Waals surface area contributed by atoms with E-state index in [0.717, 1.165) is 0 Å². The molecule has 1 aromatic rings. The van der Waals surface area contributed by atoms with Gasteiger partial charge < -0.3 is 21.5 Å². The Morgan fingerprint density at radius 2 is 2.00 bits per heavy atom. The molecule has 0 saturated carbocycles. The second kappa shape index (κ2) is 6.51. The van der Waals surface area contributed by atoms with Gasteiger partial charge in [0.1, 0.15) is 12.4 Å². The molecule has 1 spiro atoms. The summed E-state index contributed by atoms with van der Waals surface area (Å²) in [5, 5.41) is 8.76. The van der Waals surface area contributed by atoms with Crippen LogP contribution in [0.5, 0.6) is 5.75 Å². The Hall–Kier alpha value is -0.954. The van der Waals surface area contributed by atoms with Crippen LogP contribution in [0.25, 0.3) is 0 Å². The fraction of sp³-hybridized carbons (Fsp3) is 0.286. The molecule has 9 heteroatoms. The van der Waals surface area contributed by atoms with Gasteiger partial charge in [-0.1, -0.05) is 11.6 Å². The second-order valence-corrected chi connectivity index (χ2v) is 5.44. The van der Waals surface area contributed by atoms with Gasteiger partial charge in [0, 0.05) is 10.6 Å². The minimum Gasteiger partial charge on any atom is -0.512 e. The molecule has 0 radical (unpaired) electrons. The maximum absolute atomic E-state index is 12.7. The molecule has 112 valence electrons. The van der Waals surface area contributed by atoms with Crippen LogP contribution < -0.4 is 66.3 Å². The smallest absolute Gasteiger partial charge is 0.512 e. The van der Waals surface area contributed by atoms with E-state index in [0.29, 0.717) is 35.2 Å². The van der Waals surface area contributed by atoms with Gasteiger partial charge in [0.05, 0.1) is 18.7 Å². The largest absolute Gasteiger partial charge is 1.00 e. The zero-order chi connectivity index (χ0) is 16.1. The summed E-state index contributed by atoms with van der Waals surface area (Å²) in [7, 11) is 0. The summed E-state index contributed by atoms with van der Waals surface area (Å²) < 4.78 is 5.51. The number of nitrogens with zero attached hydrogens (tertiary/aromatic N) is 2. The van der Waals surface area contributed by atoms with Crippen molar-refractivity contribution in [1.29, 1.82) is 5.26 Å². The van der Waals surface area contributed by atoms with Gasteiger partial charge in [-0.05, 0) is 12.1 Å². The monoisotopic (exact) mass is 357 g/mol. The zero-order valence-electron chi connectivity index (χ0n) is 12.2. The number of nitrogens with one attached hydrogen (secondary N) is 1. The average molecular weight is 358 g/mol. The fourth-order valence-corrected chi connectivity index (χ4v) is 3.52. The molecular weight excluding hydrogens is 349 g/mol. The third-order valence-electron chi connectivity index (χ3n) is 4.04. The topological polar surface area (TPSA) is 99.5 Å². The Labute approximate surface area is 179 Å². The Morgan fingerprint density at radius 1 is 1.30 bits per heavy atom. The van der Waals surface area contributed by atoms with Crippen molar-refractivity contribution in [3.05, 3.63) is 29.3 Å². The van der Waals surface area contributed by atoms with E-state index in [4.69, 9.17) is 28.2 Å². The van der Waals surface area contributed by atoms with Crippen LogP contribution in [0.1, 0.15) is 12.0 Å². The molecule has 3 amide bonds. The number of amides is 3. The van der Waals surface area contributed by atoms with Crippen molar-refractivity contribution in [2.75, 3.05) is 18.1 Å². The third kappa shape index (κ3) is 2.35. The predicted octanol–water partition coefficient (Wildman–Crippen LogP) is -2.54. The summed E-state index contributed by atoms with van der Waals surface area (Å²) >= 11 is 6.21. The van der Waals surface area contributed by atoms with Gasteiger partial charge in [-0.15, -0.1) is 0 Å². The number of anilines is 1. The third-order valence-corrected chi connectivity index (χ3v) is 4.35. The summed E-state index contributed by atoms with van der Waals surface area (Å²) in [5.74, 6) is -0.934. The van der Waals surface area contributed by atoms with Gasteiger partial charge in [0.15, 0.2) is 5.41 Å². The maximum atomic E-state index is 12.7. The summed E-state index contributed by atoms with van der Waals surface area (Å²) in [4.78, 5) is 38.1. The quantitative estimate of drug-likeness (QED) is 0.239. The molecule has 3 heterocycles. The minimum absolute atomic E-state index is 0. The Morgan fingerprint density at radius 3 is 2.61 bits per heavy atom. The van der Waals surface area contributed by atoms with Crippen LogP contribution in [0.2, 0.25) is 5.02 Å². The first-order valence-electron chi connectivity index (χ1n) is 6.40. The van der Waals surface area contributed by atoms with E-state index in [-0.39, 0.29) is 57.8 Å². The molecule has 1 fully saturated rings. The zero-order valence-corrected chi connectivity index (χ0v) is 16.1. The molecule has 1 saturated heterocycles. The molecule has 0 aromatic heterocycles. The van der Waals surface area contributed by atoms with E-state index < -0.39 is 23.1 Å². The molecule has 3 aliphatic rings. The first-order valence-corrected chi connectivity index (χ1v) is 6.78. The fourth-order valence-electron chi connectivity index (χ4n) is 3.21. The van der Waals surface area contributed by atoms with Gasteiger partial charge in [-0.2, -0.15) is 0 Å². The van der Waals surface area contributed by atoms with Crippen molar-refractivity contribution in [2.24, 2.45) is 0 Å². The van der Waals surface area contributed by atoms with Gasteiger partial charge in [0.2, 0.25) is 17.7 Å². The molecule has 1 atom stereocenters. The number of ether oxygens (including phenoxy) is 1. The molecular formula is C14H9ClKN3O4. The first-order chi connectivity index (χ1) is 10.6. The van der Waals surface area contributed by atoms with Gasteiger partial charge in [-0.25, -0.2) is 0 Å². The number of rotatable bonds is 0. The Kier molecular flexibility index (Phi) is 5.20.